The monoisotopic (exact) mass is 607 g/mol. The summed E-state index contributed by atoms with van der Waals surface area (Å²) in [5.74, 6) is -1.89. The number of anilines is 1. The lowest BCUT2D eigenvalue weighted by Crippen LogP contribution is -2.54. The number of carbonyl (C=O) groups excluding carboxylic acids is 2. The molecule has 0 unspecified atom stereocenters. The second kappa shape index (κ2) is 14.0. The number of hydrogen-bond donors (Lipinski definition) is 1. The van der Waals surface area contributed by atoms with Crippen LogP contribution in [0.1, 0.15) is 31.4 Å². The fourth-order valence-electron chi connectivity index (χ4n) is 4.08. The Balaban J connectivity index is 2.09. The van der Waals surface area contributed by atoms with Gasteiger partial charge in [-0.1, -0.05) is 78.7 Å². The number of para-hydroxylation sites is 1. The van der Waals surface area contributed by atoms with Gasteiger partial charge in [0.25, 0.3) is 0 Å². The molecule has 0 spiro atoms. The number of sulfonamides is 1. The molecular formula is C29H32Cl2FN3O4S. The maximum Gasteiger partial charge on any atom is 0.244 e. The number of amides is 2. The van der Waals surface area contributed by atoms with Gasteiger partial charge in [0, 0.05) is 19.0 Å². The zero-order valence-corrected chi connectivity index (χ0v) is 24.8. The van der Waals surface area contributed by atoms with Gasteiger partial charge in [-0.25, -0.2) is 12.8 Å². The molecule has 3 rings (SSSR count). The minimum absolute atomic E-state index is 0.0734. The molecule has 0 fully saturated rings. The van der Waals surface area contributed by atoms with Crippen molar-refractivity contribution in [2.45, 2.75) is 45.3 Å². The molecule has 0 saturated heterocycles. The molecule has 0 aromatic heterocycles. The first-order valence-electron chi connectivity index (χ1n) is 12.7. The number of carbonyl (C=O) groups is 2. The highest BCUT2D eigenvalue weighted by atomic mass is 35.5. The van der Waals surface area contributed by atoms with Crippen LogP contribution in [0.2, 0.25) is 10.0 Å². The van der Waals surface area contributed by atoms with Crippen LogP contribution in [0.3, 0.4) is 0 Å². The van der Waals surface area contributed by atoms with Gasteiger partial charge in [-0.15, -0.1) is 0 Å². The summed E-state index contributed by atoms with van der Waals surface area (Å²) in [6, 6.07) is 18.1. The number of benzene rings is 3. The summed E-state index contributed by atoms with van der Waals surface area (Å²) < 4.78 is 40.9. The number of hydrogen-bond acceptors (Lipinski definition) is 4. The molecular weight excluding hydrogens is 576 g/mol. The van der Waals surface area contributed by atoms with Gasteiger partial charge in [0.2, 0.25) is 21.8 Å². The normalized spacial score (nSPS) is 12.8. The second-order valence-corrected chi connectivity index (χ2v) is 12.2. The first-order valence-corrected chi connectivity index (χ1v) is 15.3. The van der Waals surface area contributed by atoms with Crippen LogP contribution in [0, 0.1) is 5.82 Å². The molecule has 0 heterocycles. The topological polar surface area (TPSA) is 86.8 Å². The van der Waals surface area contributed by atoms with E-state index < -0.39 is 40.2 Å². The predicted octanol–water partition coefficient (Wildman–Crippen LogP) is 5.45. The van der Waals surface area contributed by atoms with E-state index in [2.05, 4.69) is 5.32 Å². The Hall–Kier alpha value is -3.14. The summed E-state index contributed by atoms with van der Waals surface area (Å²) in [5.41, 5.74) is 1.11. The summed E-state index contributed by atoms with van der Waals surface area (Å²) in [7, 11) is -4.08. The lowest BCUT2D eigenvalue weighted by atomic mass is 10.0. The number of nitrogens with one attached hydrogen (secondary N) is 1. The average Bonchev–Trinajstić information content (AvgIpc) is 2.91. The summed E-state index contributed by atoms with van der Waals surface area (Å²) in [5, 5.41) is 3.53. The van der Waals surface area contributed by atoms with Gasteiger partial charge in [-0.2, -0.15) is 0 Å². The quantitative estimate of drug-likeness (QED) is 0.296. The number of rotatable bonds is 12. The Morgan fingerprint density at radius 3 is 2.20 bits per heavy atom. The standard InChI is InChI=1S/C29H32Cl2FN3O4S/c1-4-20(2)33-29(37)27(17-21-10-6-5-7-11-21)34(18-22-14-15-23(30)24(31)16-22)28(36)19-35(40(3,38)39)26-13-9-8-12-25(26)32/h5-16,20,27H,4,17-19H2,1-3H3,(H,33,37)/t20-,27-/m1/s1. The first kappa shape index (κ1) is 31.4. The number of halogens is 3. The molecule has 214 valence electrons. The fourth-order valence-corrected chi connectivity index (χ4v) is 5.25. The van der Waals surface area contributed by atoms with Crippen LogP contribution in [0.15, 0.2) is 72.8 Å². The molecule has 0 radical (unpaired) electrons. The van der Waals surface area contributed by atoms with Crippen molar-refractivity contribution in [3.63, 3.8) is 0 Å². The van der Waals surface area contributed by atoms with Crippen LogP contribution in [0.5, 0.6) is 0 Å². The van der Waals surface area contributed by atoms with Crippen molar-refractivity contribution in [2.75, 3.05) is 17.1 Å². The molecule has 11 heteroatoms. The molecule has 0 aliphatic carbocycles. The maximum absolute atomic E-state index is 14.7. The molecule has 3 aromatic rings. The molecule has 2 atom stereocenters. The van der Waals surface area contributed by atoms with Gasteiger partial charge < -0.3 is 10.2 Å². The lowest BCUT2D eigenvalue weighted by Gasteiger charge is -2.34. The minimum atomic E-state index is -4.08. The van der Waals surface area contributed by atoms with Gasteiger partial charge in [0.1, 0.15) is 18.4 Å². The van der Waals surface area contributed by atoms with E-state index in [0.717, 1.165) is 17.9 Å². The Kier molecular flexibility index (Phi) is 11.0. The van der Waals surface area contributed by atoms with Crippen LogP contribution < -0.4 is 9.62 Å². The summed E-state index contributed by atoms with van der Waals surface area (Å²) in [4.78, 5) is 28.9. The molecule has 0 aliphatic rings. The first-order chi connectivity index (χ1) is 18.9. The SMILES string of the molecule is CC[C@@H](C)NC(=O)[C@@H](Cc1ccccc1)N(Cc1ccc(Cl)c(Cl)c1)C(=O)CN(c1ccccc1F)S(C)(=O)=O. The van der Waals surface area contributed by atoms with Crippen LogP contribution in [0.4, 0.5) is 10.1 Å². The molecule has 0 aliphatic heterocycles. The summed E-state index contributed by atoms with van der Waals surface area (Å²) >= 11 is 12.3. The van der Waals surface area contributed by atoms with Crippen molar-refractivity contribution in [1.29, 1.82) is 0 Å². The zero-order valence-electron chi connectivity index (χ0n) is 22.5. The van der Waals surface area contributed by atoms with Crippen molar-refractivity contribution in [3.05, 3.63) is 99.8 Å². The highest BCUT2D eigenvalue weighted by Crippen LogP contribution is 2.26. The Labute approximate surface area is 244 Å². The van der Waals surface area contributed by atoms with E-state index in [0.29, 0.717) is 21.3 Å². The summed E-state index contributed by atoms with van der Waals surface area (Å²) in [6.45, 7) is 2.99. The van der Waals surface area contributed by atoms with E-state index in [1.54, 1.807) is 18.2 Å². The molecule has 40 heavy (non-hydrogen) atoms. The van der Waals surface area contributed by atoms with E-state index in [1.807, 2.05) is 44.2 Å². The molecule has 2 amide bonds. The van der Waals surface area contributed by atoms with Crippen molar-refractivity contribution in [2.24, 2.45) is 0 Å². The fraction of sp³-hybridized carbons (Fsp3) is 0.310. The van der Waals surface area contributed by atoms with Crippen LogP contribution in [0.25, 0.3) is 0 Å². The van der Waals surface area contributed by atoms with Crippen molar-refractivity contribution in [3.8, 4) is 0 Å². The van der Waals surface area contributed by atoms with E-state index >= 15 is 0 Å². The van der Waals surface area contributed by atoms with Gasteiger partial charge in [0.15, 0.2) is 0 Å². The van der Waals surface area contributed by atoms with E-state index in [-0.39, 0.29) is 29.7 Å². The van der Waals surface area contributed by atoms with E-state index in [9.17, 15) is 22.4 Å². The third kappa shape index (κ3) is 8.43. The second-order valence-electron chi connectivity index (χ2n) is 9.51. The third-order valence-corrected chi connectivity index (χ3v) is 8.27. The molecule has 1 N–H and O–H groups in total. The molecule has 3 aromatic carbocycles. The van der Waals surface area contributed by atoms with Crippen LogP contribution in [-0.4, -0.2) is 50.0 Å². The number of nitrogens with zero attached hydrogens (tertiary/aromatic N) is 2. The Morgan fingerprint density at radius 1 is 0.950 bits per heavy atom. The molecule has 7 nitrogen and oxygen atoms in total. The van der Waals surface area contributed by atoms with Gasteiger partial charge in [0.05, 0.1) is 22.0 Å². The third-order valence-electron chi connectivity index (χ3n) is 6.41. The summed E-state index contributed by atoms with van der Waals surface area (Å²) in [6.07, 6.45) is 1.72. The van der Waals surface area contributed by atoms with Crippen LogP contribution >= 0.6 is 23.2 Å². The Morgan fingerprint density at radius 2 is 1.60 bits per heavy atom. The lowest BCUT2D eigenvalue weighted by molar-refractivity contribution is -0.140. The smallest absolute Gasteiger partial charge is 0.244 e. The minimum Gasteiger partial charge on any atom is -0.352 e. The Bertz CT molecular complexity index is 1440. The van der Waals surface area contributed by atoms with Crippen molar-refractivity contribution >= 4 is 50.7 Å². The van der Waals surface area contributed by atoms with E-state index in [4.69, 9.17) is 23.2 Å². The van der Waals surface area contributed by atoms with Gasteiger partial charge in [-0.3, -0.25) is 13.9 Å². The van der Waals surface area contributed by atoms with Crippen molar-refractivity contribution in [1.82, 2.24) is 10.2 Å². The predicted molar refractivity (Wildman–Crippen MR) is 157 cm³/mol. The van der Waals surface area contributed by atoms with Gasteiger partial charge >= 0.3 is 0 Å². The van der Waals surface area contributed by atoms with Crippen LogP contribution in [-0.2, 0) is 32.6 Å². The highest BCUT2D eigenvalue weighted by molar-refractivity contribution is 7.92. The molecule has 0 bridgehead atoms. The highest BCUT2D eigenvalue weighted by Gasteiger charge is 2.34. The van der Waals surface area contributed by atoms with Crippen molar-refractivity contribution < 1.29 is 22.4 Å². The maximum atomic E-state index is 14.7. The van der Waals surface area contributed by atoms with E-state index in [1.165, 1.54) is 23.1 Å². The van der Waals surface area contributed by atoms with Gasteiger partial charge in [-0.05, 0) is 48.7 Å². The average molecular weight is 609 g/mol. The molecule has 0 saturated carbocycles. The largest absolute Gasteiger partial charge is 0.352 e. The zero-order chi connectivity index (χ0) is 29.4.